The van der Waals surface area contributed by atoms with E-state index in [1.165, 1.54) is 26.9 Å². The van der Waals surface area contributed by atoms with Gasteiger partial charge in [-0.25, -0.2) is 0 Å². The Morgan fingerprint density at radius 3 is 2.75 bits per heavy atom. The first-order valence-electron chi connectivity index (χ1n) is 6.96. The predicted octanol–water partition coefficient (Wildman–Crippen LogP) is 4.82. The first kappa shape index (κ1) is 14.2. The van der Waals surface area contributed by atoms with Crippen molar-refractivity contribution in [1.82, 2.24) is 5.32 Å². The molecule has 0 saturated heterocycles. The Hall–Kier alpha value is -0.770. The highest BCUT2D eigenvalue weighted by Crippen LogP contribution is 2.36. The number of hydrogen-bond acceptors (Lipinski definition) is 2. The Morgan fingerprint density at radius 2 is 1.95 bits per heavy atom. The molecule has 1 unspecified atom stereocenters. The number of fused-ring (bicyclic) bond motifs is 1. The molecule has 2 aromatic carbocycles. The van der Waals surface area contributed by atoms with E-state index in [2.05, 4.69) is 76.7 Å². The summed E-state index contributed by atoms with van der Waals surface area (Å²) in [5.41, 5.74) is 2.82. The minimum atomic E-state index is 0.370. The van der Waals surface area contributed by atoms with Crippen molar-refractivity contribution in [1.29, 1.82) is 0 Å². The molecular weight excluding hydrogens is 330 g/mol. The average Bonchev–Trinajstić information content (AvgIpc) is 2.88. The van der Waals surface area contributed by atoms with Gasteiger partial charge in [-0.1, -0.05) is 52.3 Å². The molecule has 0 spiro atoms. The Morgan fingerprint density at radius 1 is 1.20 bits per heavy atom. The van der Waals surface area contributed by atoms with Gasteiger partial charge in [-0.05, 0) is 36.6 Å². The molecule has 1 N–H and O–H groups in total. The van der Waals surface area contributed by atoms with E-state index in [1.807, 2.05) is 11.8 Å². The smallest absolute Gasteiger partial charge is 0.0303 e. The molecule has 3 rings (SSSR count). The van der Waals surface area contributed by atoms with Crippen LogP contribution in [0, 0.1) is 0 Å². The number of benzene rings is 2. The topological polar surface area (TPSA) is 12.0 Å². The van der Waals surface area contributed by atoms with E-state index in [0.29, 0.717) is 11.3 Å². The molecule has 0 aliphatic carbocycles. The Kier molecular flexibility index (Phi) is 4.49. The molecule has 0 fully saturated rings. The van der Waals surface area contributed by atoms with Crippen LogP contribution in [-0.4, -0.2) is 11.8 Å². The van der Waals surface area contributed by atoms with Crippen molar-refractivity contribution in [3.05, 3.63) is 64.1 Å². The second kappa shape index (κ2) is 6.33. The number of halogens is 1. The molecule has 1 aliphatic rings. The standard InChI is InChI=1S/C17H18BrNS/c1-12(15-7-3-4-8-16(15)18)19-11-14-10-13-6-2-5-9-17(13)20-14/h2-9,12,14,19H,10-11H2,1H3/t12-,14?/m0/s1. The van der Waals surface area contributed by atoms with Gasteiger partial charge in [0, 0.05) is 27.2 Å². The molecule has 3 heteroatoms. The van der Waals surface area contributed by atoms with Gasteiger partial charge in [0.25, 0.3) is 0 Å². The van der Waals surface area contributed by atoms with Crippen molar-refractivity contribution in [3.8, 4) is 0 Å². The van der Waals surface area contributed by atoms with Crippen LogP contribution >= 0.6 is 27.7 Å². The lowest BCUT2D eigenvalue weighted by molar-refractivity contribution is 0.565. The zero-order chi connectivity index (χ0) is 13.9. The number of nitrogens with one attached hydrogen (secondary N) is 1. The van der Waals surface area contributed by atoms with E-state index >= 15 is 0 Å². The fourth-order valence-electron chi connectivity index (χ4n) is 2.61. The zero-order valence-corrected chi connectivity index (χ0v) is 13.9. The quantitative estimate of drug-likeness (QED) is 0.850. The summed E-state index contributed by atoms with van der Waals surface area (Å²) in [4.78, 5) is 1.45. The van der Waals surface area contributed by atoms with Crippen LogP contribution in [0.15, 0.2) is 57.9 Å². The van der Waals surface area contributed by atoms with E-state index in [4.69, 9.17) is 0 Å². The fourth-order valence-corrected chi connectivity index (χ4v) is 4.50. The summed E-state index contributed by atoms with van der Waals surface area (Å²) in [6, 6.07) is 17.6. The third-order valence-electron chi connectivity index (χ3n) is 3.74. The second-order valence-corrected chi connectivity index (χ2v) is 7.40. The molecule has 20 heavy (non-hydrogen) atoms. The third-order valence-corrected chi connectivity index (χ3v) is 5.78. The van der Waals surface area contributed by atoms with Crippen LogP contribution in [0.5, 0.6) is 0 Å². The summed E-state index contributed by atoms with van der Waals surface area (Å²) in [7, 11) is 0. The van der Waals surface area contributed by atoms with Crippen molar-refractivity contribution >= 4 is 27.7 Å². The van der Waals surface area contributed by atoms with Crippen LogP contribution in [0.2, 0.25) is 0 Å². The summed E-state index contributed by atoms with van der Waals surface area (Å²) in [6.45, 7) is 3.27. The van der Waals surface area contributed by atoms with Crippen LogP contribution in [-0.2, 0) is 6.42 Å². The Labute approximate surface area is 133 Å². The monoisotopic (exact) mass is 347 g/mol. The molecule has 2 aromatic rings. The first-order chi connectivity index (χ1) is 9.74. The molecule has 0 bridgehead atoms. The van der Waals surface area contributed by atoms with Gasteiger partial charge in [-0.3, -0.25) is 0 Å². The van der Waals surface area contributed by atoms with Crippen molar-refractivity contribution in [2.75, 3.05) is 6.54 Å². The summed E-state index contributed by atoms with van der Waals surface area (Å²) < 4.78 is 1.18. The van der Waals surface area contributed by atoms with Gasteiger partial charge >= 0.3 is 0 Å². The lowest BCUT2D eigenvalue weighted by Gasteiger charge is -2.18. The predicted molar refractivity (Wildman–Crippen MR) is 90.4 cm³/mol. The van der Waals surface area contributed by atoms with E-state index in [0.717, 1.165) is 6.54 Å². The highest BCUT2D eigenvalue weighted by molar-refractivity contribution is 9.10. The molecular formula is C17H18BrNS. The van der Waals surface area contributed by atoms with Gasteiger partial charge in [0.05, 0.1) is 0 Å². The lowest BCUT2D eigenvalue weighted by atomic mass is 10.1. The Bertz CT molecular complexity index is 574. The van der Waals surface area contributed by atoms with Crippen molar-refractivity contribution < 1.29 is 0 Å². The first-order valence-corrected chi connectivity index (χ1v) is 8.63. The van der Waals surface area contributed by atoms with Gasteiger partial charge in [0.2, 0.25) is 0 Å². The summed E-state index contributed by atoms with van der Waals surface area (Å²) in [5, 5.41) is 4.32. The Balaban J connectivity index is 1.58. The molecule has 0 saturated carbocycles. The van der Waals surface area contributed by atoms with Gasteiger partial charge in [0.15, 0.2) is 0 Å². The van der Waals surface area contributed by atoms with Crippen LogP contribution in [0.4, 0.5) is 0 Å². The normalized spacial score (nSPS) is 18.8. The summed E-state index contributed by atoms with van der Waals surface area (Å²) >= 11 is 5.63. The average molecular weight is 348 g/mol. The summed E-state index contributed by atoms with van der Waals surface area (Å²) in [5.74, 6) is 0. The highest BCUT2D eigenvalue weighted by Gasteiger charge is 2.22. The molecule has 104 valence electrons. The lowest BCUT2D eigenvalue weighted by Crippen LogP contribution is -2.27. The molecule has 0 aromatic heterocycles. The van der Waals surface area contributed by atoms with E-state index in [1.54, 1.807) is 0 Å². The van der Waals surface area contributed by atoms with E-state index in [-0.39, 0.29) is 0 Å². The minimum absolute atomic E-state index is 0.370. The van der Waals surface area contributed by atoms with Crippen LogP contribution < -0.4 is 5.32 Å². The largest absolute Gasteiger partial charge is 0.309 e. The van der Waals surface area contributed by atoms with E-state index in [9.17, 15) is 0 Å². The molecule has 1 nitrogen and oxygen atoms in total. The molecule has 2 atom stereocenters. The maximum atomic E-state index is 3.67. The molecule has 1 aliphatic heterocycles. The van der Waals surface area contributed by atoms with Crippen LogP contribution in [0.25, 0.3) is 0 Å². The van der Waals surface area contributed by atoms with Crippen molar-refractivity contribution in [3.63, 3.8) is 0 Å². The van der Waals surface area contributed by atoms with Crippen LogP contribution in [0.1, 0.15) is 24.1 Å². The van der Waals surface area contributed by atoms with Gasteiger partial charge in [-0.2, -0.15) is 0 Å². The highest BCUT2D eigenvalue weighted by atomic mass is 79.9. The van der Waals surface area contributed by atoms with Gasteiger partial charge in [-0.15, -0.1) is 11.8 Å². The molecule has 0 radical (unpaired) electrons. The number of hydrogen-bond donors (Lipinski definition) is 1. The van der Waals surface area contributed by atoms with Gasteiger partial charge < -0.3 is 5.32 Å². The summed E-state index contributed by atoms with van der Waals surface area (Å²) in [6.07, 6.45) is 1.18. The second-order valence-electron chi connectivity index (χ2n) is 5.20. The molecule has 1 heterocycles. The minimum Gasteiger partial charge on any atom is -0.309 e. The molecule has 0 amide bonds. The number of rotatable bonds is 4. The van der Waals surface area contributed by atoms with Gasteiger partial charge in [0.1, 0.15) is 0 Å². The fraction of sp³-hybridized carbons (Fsp3) is 0.294. The maximum Gasteiger partial charge on any atom is 0.0303 e. The third kappa shape index (κ3) is 3.11. The van der Waals surface area contributed by atoms with Crippen LogP contribution in [0.3, 0.4) is 0 Å². The maximum absolute atomic E-state index is 3.67. The zero-order valence-electron chi connectivity index (χ0n) is 11.5. The van der Waals surface area contributed by atoms with Crippen molar-refractivity contribution in [2.45, 2.75) is 29.5 Å². The van der Waals surface area contributed by atoms with Crippen molar-refractivity contribution in [2.24, 2.45) is 0 Å². The van der Waals surface area contributed by atoms with E-state index < -0.39 is 0 Å². The SMILES string of the molecule is C[C@H](NCC1Cc2ccccc2S1)c1ccccc1Br. The number of thioether (sulfide) groups is 1.